The van der Waals surface area contributed by atoms with Gasteiger partial charge in [-0.3, -0.25) is 4.79 Å². The number of nitrogens with zero attached hydrogens (tertiary/aromatic N) is 1. The molecule has 0 bridgehead atoms. The molecule has 0 aliphatic heterocycles. The standard InChI is InChI=1S/C13H16BrClN2O2/c1-19-5-4-13(2-3-13)8-17-12(18)10-6-9(14)7-16-11(10)15/h6-7H,2-5,8H2,1H3,(H,17,18). The fourth-order valence-corrected chi connectivity index (χ4v) is 2.48. The Bertz CT molecular complexity index is 478. The van der Waals surface area contributed by atoms with Gasteiger partial charge in [-0.15, -0.1) is 0 Å². The van der Waals surface area contributed by atoms with Crippen LogP contribution in [0, 0.1) is 5.41 Å². The van der Waals surface area contributed by atoms with E-state index in [0.717, 1.165) is 30.3 Å². The van der Waals surface area contributed by atoms with E-state index in [1.165, 1.54) is 0 Å². The van der Waals surface area contributed by atoms with Crippen molar-refractivity contribution in [3.05, 3.63) is 27.5 Å². The fraction of sp³-hybridized carbons (Fsp3) is 0.538. The highest BCUT2D eigenvalue weighted by Crippen LogP contribution is 2.48. The minimum Gasteiger partial charge on any atom is -0.385 e. The first kappa shape index (κ1) is 14.8. The summed E-state index contributed by atoms with van der Waals surface area (Å²) in [4.78, 5) is 16.0. The molecule has 0 atom stereocenters. The number of hydrogen-bond donors (Lipinski definition) is 1. The number of methoxy groups -OCH3 is 1. The van der Waals surface area contributed by atoms with Gasteiger partial charge in [-0.1, -0.05) is 11.6 Å². The highest BCUT2D eigenvalue weighted by molar-refractivity contribution is 9.10. The molecular formula is C13H16BrClN2O2. The van der Waals surface area contributed by atoms with E-state index in [1.807, 2.05) is 0 Å². The minimum absolute atomic E-state index is 0.178. The van der Waals surface area contributed by atoms with Gasteiger partial charge in [-0.05, 0) is 46.7 Å². The third-order valence-corrected chi connectivity index (χ3v) is 4.20. The van der Waals surface area contributed by atoms with Gasteiger partial charge in [-0.25, -0.2) is 4.98 Å². The first-order valence-electron chi connectivity index (χ1n) is 6.14. The molecule has 1 aromatic heterocycles. The van der Waals surface area contributed by atoms with E-state index in [4.69, 9.17) is 16.3 Å². The van der Waals surface area contributed by atoms with Gasteiger partial charge in [0.2, 0.25) is 0 Å². The van der Waals surface area contributed by atoms with Crippen molar-refractivity contribution in [2.24, 2.45) is 5.41 Å². The SMILES string of the molecule is COCCC1(CNC(=O)c2cc(Br)cnc2Cl)CC1. The van der Waals surface area contributed by atoms with Crippen LogP contribution >= 0.6 is 27.5 Å². The first-order valence-corrected chi connectivity index (χ1v) is 7.32. The van der Waals surface area contributed by atoms with E-state index >= 15 is 0 Å². The van der Waals surface area contributed by atoms with E-state index in [0.29, 0.717) is 12.1 Å². The van der Waals surface area contributed by atoms with E-state index in [-0.39, 0.29) is 16.5 Å². The van der Waals surface area contributed by atoms with Crippen molar-refractivity contribution in [3.63, 3.8) is 0 Å². The lowest BCUT2D eigenvalue weighted by Gasteiger charge is -2.15. The summed E-state index contributed by atoms with van der Waals surface area (Å²) in [5, 5.41) is 3.16. The van der Waals surface area contributed by atoms with Crippen LogP contribution in [0.25, 0.3) is 0 Å². The number of ether oxygens (including phenoxy) is 1. The monoisotopic (exact) mass is 346 g/mol. The van der Waals surface area contributed by atoms with E-state index in [1.54, 1.807) is 19.4 Å². The number of pyridine rings is 1. The summed E-state index contributed by atoms with van der Waals surface area (Å²) in [5.41, 5.74) is 0.621. The van der Waals surface area contributed by atoms with E-state index in [9.17, 15) is 4.79 Å². The summed E-state index contributed by atoms with van der Waals surface area (Å²) in [6.07, 6.45) is 4.83. The summed E-state index contributed by atoms with van der Waals surface area (Å²) in [7, 11) is 1.70. The quantitative estimate of drug-likeness (QED) is 0.805. The smallest absolute Gasteiger partial charge is 0.254 e. The Morgan fingerprint density at radius 3 is 3.00 bits per heavy atom. The van der Waals surface area contributed by atoms with Crippen molar-refractivity contribution >= 4 is 33.4 Å². The molecule has 0 aromatic carbocycles. The van der Waals surface area contributed by atoms with Crippen molar-refractivity contribution in [2.75, 3.05) is 20.3 Å². The predicted molar refractivity (Wildman–Crippen MR) is 77.4 cm³/mol. The molecule has 0 radical (unpaired) electrons. The molecule has 104 valence electrons. The Kier molecular flexibility index (Phi) is 4.81. The van der Waals surface area contributed by atoms with Gasteiger partial charge in [0.1, 0.15) is 5.15 Å². The third kappa shape index (κ3) is 3.91. The van der Waals surface area contributed by atoms with Gasteiger partial charge in [0.15, 0.2) is 0 Å². The van der Waals surface area contributed by atoms with Gasteiger partial charge in [0, 0.05) is 30.9 Å². The molecule has 4 nitrogen and oxygen atoms in total. The summed E-state index contributed by atoms with van der Waals surface area (Å²) >= 11 is 9.21. The number of aromatic nitrogens is 1. The fourth-order valence-electron chi connectivity index (χ4n) is 1.96. The van der Waals surface area contributed by atoms with Crippen molar-refractivity contribution in [1.82, 2.24) is 10.3 Å². The molecule has 6 heteroatoms. The van der Waals surface area contributed by atoms with Gasteiger partial charge >= 0.3 is 0 Å². The van der Waals surface area contributed by atoms with Crippen LogP contribution in [0.5, 0.6) is 0 Å². The van der Waals surface area contributed by atoms with Crippen LogP contribution in [0.4, 0.5) is 0 Å². The van der Waals surface area contributed by atoms with Gasteiger partial charge in [-0.2, -0.15) is 0 Å². The van der Waals surface area contributed by atoms with Gasteiger partial charge in [0.25, 0.3) is 5.91 Å². The average molecular weight is 348 g/mol. The third-order valence-electron chi connectivity index (χ3n) is 3.47. The number of hydrogen-bond acceptors (Lipinski definition) is 3. The number of carbonyl (C=O) groups is 1. The lowest BCUT2D eigenvalue weighted by molar-refractivity contribution is 0.0937. The van der Waals surface area contributed by atoms with Crippen LogP contribution in [0.2, 0.25) is 5.15 Å². The van der Waals surface area contributed by atoms with Crippen LogP contribution in [0.15, 0.2) is 16.7 Å². The summed E-state index contributed by atoms with van der Waals surface area (Å²) in [6, 6.07) is 1.68. The molecule has 0 saturated heterocycles. The molecule has 1 saturated carbocycles. The van der Waals surface area contributed by atoms with Crippen LogP contribution < -0.4 is 5.32 Å². The van der Waals surface area contributed by atoms with Crippen molar-refractivity contribution in [2.45, 2.75) is 19.3 Å². The maximum Gasteiger partial charge on any atom is 0.254 e. The molecule has 0 spiro atoms. The average Bonchev–Trinajstić information content (AvgIpc) is 3.17. The normalized spacial score (nSPS) is 16.2. The summed E-state index contributed by atoms with van der Waals surface area (Å²) in [5.74, 6) is -0.178. The Balaban J connectivity index is 1.93. The number of nitrogens with one attached hydrogen (secondary N) is 1. The Morgan fingerprint density at radius 2 is 2.37 bits per heavy atom. The topological polar surface area (TPSA) is 51.2 Å². The molecule has 1 aliphatic rings. The van der Waals surface area contributed by atoms with Crippen LogP contribution in [0.1, 0.15) is 29.6 Å². The van der Waals surface area contributed by atoms with Crippen LogP contribution in [-0.2, 0) is 4.74 Å². The Labute approximate surface area is 126 Å². The van der Waals surface area contributed by atoms with Crippen molar-refractivity contribution < 1.29 is 9.53 Å². The zero-order chi connectivity index (χ0) is 13.9. The molecular weight excluding hydrogens is 332 g/mol. The molecule has 1 N–H and O–H groups in total. The number of amides is 1. The highest BCUT2D eigenvalue weighted by Gasteiger charge is 2.42. The second-order valence-corrected chi connectivity index (χ2v) is 6.19. The van der Waals surface area contributed by atoms with Crippen molar-refractivity contribution in [3.8, 4) is 0 Å². The predicted octanol–water partition coefficient (Wildman–Crippen LogP) is 3.04. The second-order valence-electron chi connectivity index (χ2n) is 4.92. The van der Waals surface area contributed by atoms with Crippen LogP contribution in [-0.4, -0.2) is 31.2 Å². The molecule has 1 fully saturated rings. The van der Waals surface area contributed by atoms with Crippen LogP contribution in [0.3, 0.4) is 0 Å². The molecule has 1 amide bonds. The van der Waals surface area contributed by atoms with Gasteiger partial charge < -0.3 is 10.1 Å². The number of halogens is 2. The lowest BCUT2D eigenvalue weighted by Crippen LogP contribution is -2.31. The Morgan fingerprint density at radius 1 is 1.63 bits per heavy atom. The number of rotatable bonds is 6. The maximum absolute atomic E-state index is 12.1. The molecule has 1 aromatic rings. The zero-order valence-electron chi connectivity index (χ0n) is 10.7. The summed E-state index contributed by atoms with van der Waals surface area (Å²) in [6.45, 7) is 1.40. The molecule has 2 rings (SSSR count). The van der Waals surface area contributed by atoms with Gasteiger partial charge in [0.05, 0.1) is 5.56 Å². The summed E-state index contributed by atoms with van der Waals surface area (Å²) < 4.78 is 5.83. The van der Waals surface area contributed by atoms with Crippen molar-refractivity contribution in [1.29, 1.82) is 0 Å². The molecule has 0 unspecified atom stereocenters. The van der Waals surface area contributed by atoms with E-state index < -0.39 is 0 Å². The largest absolute Gasteiger partial charge is 0.385 e. The molecule has 19 heavy (non-hydrogen) atoms. The lowest BCUT2D eigenvalue weighted by atomic mass is 10.0. The highest BCUT2D eigenvalue weighted by atomic mass is 79.9. The zero-order valence-corrected chi connectivity index (χ0v) is 13.1. The molecule has 1 heterocycles. The second kappa shape index (κ2) is 6.20. The number of carbonyl (C=O) groups excluding carboxylic acids is 1. The molecule has 1 aliphatic carbocycles. The first-order chi connectivity index (χ1) is 9.06. The minimum atomic E-state index is -0.178. The Hall–Kier alpha value is -0.650. The van der Waals surface area contributed by atoms with E-state index in [2.05, 4.69) is 26.2 Å². The maximum atomic E-state index is 12.1.